The van der Waals surface area contributed by atoms with E-state index in [1.54, 1.807) is 40.6 Å². The molecular weight excluding hydrogens is 611 g/mol. The lowest BCUT2D eigenvalue weighted by atomic mass is 10.0. The summed E-state index contributed by atoms with van der Waals surface area (Å²) in [5.41, 5.74) is 2.04. The Balaban J connectivity index is 1.34. The topological polar surface area (TPSA) is 108 Å². The van der Waals surface area contributed by atoms with Gasteiger partial charge in [-0.1, -0.05) is 43.3 Å². The molecule has 3 aromatic carbocycles. The van der Waals surface area contributed by atoms with Gasteiger partial charge in [-0.25, -0.2) is 8.42 Å². The van der Waals surface area contributed by atoms with Crippen LogP contribution in [0.4, 0.5) is 5.69 Å². The Morgan fingerprint density at radius 1 is 1.07 bits per heavy atom. The highest BCUT2D eigenvalue weighted by Crippen LogP contribution is 2.31. The molecule has 238 valence electrons. The van der Waals surface area contributed by atoms with Gasteiger partial charge >= 0.3 is 0 Å². The van der Waals surface area contributed by atoms with Crippen LogP contribution in [0.25, 0.3) is 0 Å². The van der Waals surface area contributed by atoms with Crippen molar-refractivity contribution < 1.29 is 27.8 Å². The summed E-state index contributed by atoms with van der Waals surface area (Å²) in [5, 5.41) is 11.6. The fraction of sp³-hybridized carbons (Fsp3) is 0.324. The van der Waals surface area contributed by atoms with Gasteiger partial charge in [0.15, 0.2) is 0 Å². The van der Waals surface area contributed by atoms with Crippen molar-refractivity contribution >= 4 is 33.0 Å². The molecule has 1 aliphatic heterocycles. The second-order valence-corrected chi connectivity index (χ2v) is 14.4. The van der Waals surface area contributed by atoms with Crippen LogP contribution in [0.1, 0.15) is 25.0 Å². The first-order valence-corrected chi connectivity index (χ1v) is 17.2. The molecule has 0 radical (unpaired) electrons. The third-order valence-electron chi connectivity index (χ3n) is 7.78. The number of sulfonamides is 1. The highest BCUT2D eigenvalue weighted by molar-refractivity contribution is 7.94. The molecule has 3 atom stereocenters. The smallest absolute Gasteiger partial charge is 0.271 e. The average molecular weight is 650 g/mol. The van der Waals surface area contributed by atoms with Crippen LogP contribution in [0.3, 0.4) is 0 Å². The number of hydrogen-bond donors (Lipinski definition) is 2. The molecule has 1 aromatic heterocycles. The van der Waals surface area contributed by atoms with E-state index in [9.17, 15) is 18.3 Å². The number of aliphatic hydroxyl groups is 1. The molecule has 0 aliphatic carbocycles. The molecule has 0 bridgehead atoms. The van der Waals surface area contributed by atoms with E-state index in [4.69, 9.17) is 9.47 Å². The van der Waals surface area contributed by atoms with Gasteiger partial charge in [0, 0.05) is 36.8 Å². The van der Waals surface area contributed by atoms with Gasteiger partial charge in [-0.15, -0.1) is 11.3 Å². The Labute approximate surface area is 269 Å². The van der Waals surface area contributed by atoms with Crippen molar-refractivity contribution in [2.45, 2.75) is 43.2 Å². The molecule has 45 heavy (non-hydrogen) atoms. The maximum Gasteiger partial charge on any atom is 0.271 e. The first-order valence-electron chi connectivity index (χ1n) is 14.9. The number of likely N-dealkylation sites (N-methyl/N-ethyl adjacent to an activating group) is 1. The standard InChI is InChI=1S/C34H39N3O6S2/c1-24-20-37(25(2)23-38)33(39)19-27-18-28(35-45(40,41)34-10-7-17-44-34)13-16-31(27)43-32(24)22-36(3)21-26-11-14-30(15-12-26)42-29-8-5-4-6-9-29/h4-18,24-25,32,35,38H,19-23H2,1-3H3/t24-,25-,32-/m0/s1. The summed E-state index contributed by atoms with van der Waals surface area (Å²) in [6.45, 7) is 5.36. The van der Waals surface area contributed by atoms with Crippen LogP contribution >= 0.6 is 11.3 Å². The van der Waals surface area contributed by atoms with Crippen LogP contribution in [-0.2, 0) is 27.8 Å². The van der Waals surface area contributed by atoms with Crippen molar-refractivity contribution in [2.24, 2.45) is 5.92 Å². The normalized spacial score (nSPS) is 17.9. The summed E-state index contributed by atoms with van der Waals surface area (Å²) in [4.78, 5) is 17.4. The quantitative estimate of drug-likeness (QED) is 0.217. The summed E-state index contributed by atoms with van der Waals surface area (Å²) < 4.78 is 41.1. The number of thiophene rings is 1. The molecule has 0 unspecified atom stereocenters. The number of carbonyl (C=O) groups is 1. The molecule has 0 fully saturated rings. The number of amides is 1. The van der Waals surface area contributed by atoms with Gasteiger partial charge in [-0.2, -0.15) is 0 Å². The second-order valence-electron chi connectivity index (χ2n) is 11.5. The zero-order valence-electron chi connectivity index (χ0n) is 25.6. The zero-order chi connectivity index (χ0) is 32.0. The molecule has 2 heterocycles. The van der Waals surface area contributed by atoms with Crippen molar-refractivity contribution in [1.82, 2.24) is 9.80 Å². The summed E-state index contributed by atoms with van der Waals surface area (Å²) in [6.07, 6.45) is -0.275. The number of benzene rings is 3. The van der Waals surface area contributed by atoms with Crippen LogP contribution in [0.15, 0.2) is 94.5 Å². The van der Waals surface area contributed by atoms with Crippen LogP contribution in [0, 0.1) is 5.92 Å². The Bertz CT molecular complexity index is 1660. The molecule has 0 spiro atoms. The van der Waals surface area contributed by atoms with Crippen LogP contribution in [0.2, 0.25) is 0 Å². The lowest BCUT2D eigenvalue weighted by Gasteiger charge is -2.34. The second kappa shape index (κ2) is 14.5. The van der Waals surface area contributed by atoms with Gasteiger partial charge in [0.25, 0.3) is 10.0 Å². The van der Waals surface area contributed by atoms with Crippen molar-refractivity contribution in [3.8, 4) is 17.2 Å². The van der Waals surface area contributed by atoms with E-state index >= 15 is 0 Å². The number of anilines is 1. The summed E-state index contributed by atoms with van der Waals surface area (Å²) in [5.74, 6) is 1.86. The number of hydrogen-bond acceptors (Lipinski definition) is 8. The molecule has 2 N–H and O–H groups in total. The molecule has 11 heteroatoms. The molecule has 1 aliphatic rings. The number of nitrogens with one attached hydrogen (secondary N) is 1. The van der Waals surface area contributed by atoms with E-state index in [2.05, 4.69) is 9.62 Å². The Kier molecular flexibility index (Phi) is 10.4. The number of carbonyl (C=O) groups excluding carboxylic acids is 1. The molecule has 0 saturated carbocycles. The maximum absolute atomic E-state index is 13.5. The molecule has 9 nitrogen and oxygen atoms in total. The van der Waals surface area contributed by atoms with Gasteiger partial charge in [0.05, 0.1) is 19.1 Å². The van der Waals surface area contributed by atoms with Gasteiger partial charge in [0.2, 0.25) is 5.91 Å². The van der Waals surface area contributed by atoms with Crippen LogP contribution in [-0.4, -0.2) is 68.1 Å². The summed E-state index contributed by atoms with van der Waals surface area (Å²) in [6, 6.07) is 25.5. The number of nitrogens with zero attached hydrogens (tertiary/aromatic N) is 2. The third-order valence-corrected chi connectivity index (χ3v) is 10.6. The molecule has 4 aromatic rings. The predicted molar refractivity (Wildman–Crippen MR) is 176 cm³/mol. The van der Waals surface area contributed by atoms with E-state index in [1.165, 1.54) is 0 Å². The Morgan fingerprint density at radius 3 is 2.49 bits per heavy atom. The fourth-order valence-corrected chi connectivity index (χ4v) is 7.35. The molecular formula is C34H39N3O6S2. The SMILES string of the molecule is C[C@H]1CN([C@@H](C)CO)C(=O)Cc2cc(NS(=O)(=O)c3cccs3)ccc2O[C@H]1CN(C)Cc1ccc(Oc2ccccc2)cc1. The van der Waals surface area contributed by atoms with Gasteiger partial charge in [-0.05, 0) is 73.4 Å². The van der Waals surface area contributed by atoms with E-state index in [0.717, 1.165) is 28.4 Å². The first kappa shape index (κ1) is 32.5. The number of aliphatic hydroxyl groups excluding tert-OH is 1. The highest BCUT2D eigenvalue weighted by atomic mass is 32.2. The van der Waals surface area contributed by atoms with Crippen molar-refractivity contribution in [3.05, 3.63) is 101 Å². The van der Waals surface area contributed by atoms with Crippen LogP contribution < -0.4 is 14.2 Å². The highest BCUT2D eigenvalue weighted by Gasteiger charge is 2.31. The van der Waals surface area contributed by atoms with Gasteiger partial charge in [0.1, 0.15) is 27.6 Å². The van der Waals surface area contributed by atoms with Gasteiger partial charge in [-0.3, -0.25) is 14.4 Å². The van der Waals surface area contributed by atoms with Crippen molar-refractivity contribution in [3.63, 3.8) is 0 Å². The largest absolute Gasteiger partial charge is 0.488 e. The van der Waals surface area contributed by atoms with Crippen molar-refractivity contribution in [1.29, 1.82) is 0 Å². The minimum atomic E-state index is -3.76. The fourth-order valence-electron chi connectivity index (χ4n) is 5.30. The number of para-hydroxylation sites is 1. The maximum atomic E-state index is 13.5. The van der Waals surface area contributed by atoms with Crippen molar-refractivity contribution in [2.75, 3.05) is 31.5 Å². The minimum absolute atomic E-state index is 0.0148. The number of rotatable bonds is 11. The lowest BCUT2D eigenvalue weighted by molar-refractivity contribution is -0.134. The minimum Gasteiger partial charge on any atom is -0.488 e. The number of ether oxygens (including phenoxy) is 2. The molecule has 5 rings (SSSR count). The van der Waals surface area contributed by atoms with E-state index in [-0.39, 0.29) is 41.2 Å². The van der Waals surface area contributed by atoms with E-state index < -0.39 is 10.0 Å². The summed E-state index contributed by atoms with van der Waals surface area (Å²) >= 11 is 1.13. The predicted octanol–water partition coefficient (Wildman–Crippen LogP) is 5.62. The zero-order valence-corrected chi connectivity index (χ0v) is 27.3. The number of fused-ring (bicyclic) bond motifs is 1. The Hall–Kier alpha value is -3.90. The van der Waals surface area contributed by atoms with Gasteiger partial charge < -0.3 is 19.5 Å². The third kappa shape index (κ3) is 8.43. The average Bonchev–Trinajstić information content (AvgIpc) is 3.58. The van der Waals surface area contributed by atoms with Crippen LogP contribution in [0.5, 0.6) is 17.2 Å². The first-order chi connectivity index (χ1) is 21.6. The lowest BCUT2D eigenvalue weighted by Crippen LogP contribution is -2.47. The Morgan fingerprint density at radius 2 is 1.80 bits per heavy atom. The van der Waals surface area contributed by atoms with E-state index in [1.807, 2.05) is 75.5 Å². The summed E-state index contributed by atoms with van der Waals surface area (Å²) in [7, 11) is -1.73. The molecule has 1 amide bonds. The molecule has 0 saturated heterocycles. The van der Waals surface area contributed by atoms with E-state index in [0.29, 0.717) is 36.6 Å². The monoisotopic (exact) mass is 649 g/mol.